The minimum atomic E-state index is -1.00. The Bertz CT molecular complexity index is 1020. The monoisotopic (exact) mass is 392 g/mol. The van der Waals surface area contributed by atoms with Crippen molar-refractivity contribution in [2.75, 3.05) is 0 Å². The minimum absolute atomic E-state index is 0.210. The number of hydrogen-bond donors (Lipinski definition) is 0. The van der Waals surface area contributed by atoms with E-state index in [9.17, 15) is 13.2 Å². The van der Waals surface area contributed by atoms with E-state index in [-0.39, 0.29) is 11.1 Å². The molecule has 0 aliphatic rings. The lowest BCUT2D eigenvalue weighted by Crippen LogP contribution is -1.90. The molecule has 29 heavy (non-hydrogen) atoms. The zero-order chi connectivity index (χ0) is 20.6. The van der Waals surface area contributed by atoms with E-state index >= 15 is 0 Å². The Kier molecular flexibility index (Phi) is 7.14. The highest BCUT2D eigenvalue weighted by Gasteiger charge is 2.09. The van der Waals surface area contributed by atoms with Crippen LogP contribution in [0.2, 0.25) is 0 Å². The second kappa shape index (κ2) is 9.98. The fourth-order valence-electron chi connectivity index (χ4n) is 3.15. The van der Waals surface area contributed by atoms with Crippen LogP contribution in [-0.2, 0) is 6.42 Å². The molecule has 0 saturated carbocycles. The lowest BCUT2D eigenvalue weighted by molar-refractivity contribution is 0.509. The van der Waals surface area contributed by atoms with Crippen molar-refractivity contribution in [1.29, 1.82) is 0 Å². The van der Waals surface area contributed by atoms with Crippen molar-refractivity contribution in [2.24, 2.45) is 0 Å². The maximum Gasteiger partial charge on any atom is 0.159 e. The third kappa shape index (κ3) is 5.74. The Morgan fingerprint density at radius 2 is 1.38 bits per heavy atom. The molecule has 3 aromatic rings. The van der Waals surface area contributed by atoms with E-state index in [4.69, 9.17) is 0 Å². The molecule has 0 heterocycles. The molecule has 0 radical (unpaired) electrons. The van der Waals surface area contributed by atoms with Crippen molar-refractivity contribution < 1.29 is 13.2 Å². The molecule has 3 heteroatoms. The SMILES string of the molecule is CCCCCCc1ccc(C#Cc2ccc(-c3ccc(F)c(F)c3)c(F)c2)cc1. The van der Waals surface area contributed by atoms with Crippen molar-refractivity contribution >= 4 is 0 Å². The summed E-state index contributed by atoms with van der Waals surface area (Å²) in [7, 11) is 0. The summed E-state index contributed by atoms with van der Waals surface area (Å²) in [6.45, 7) is 2.20. The molecule has 0 aromatic heterocycles. The first-order valence-corrected chi connectivity index (χ1v) is 9.93. The zero-order valence-electron chi connectivity index (χ0n) is 16.4. The molecular weight excluding hydrogens is 369 g/mol. The lowest BCUT2D eigenvalue weighted by Gasteiger charge is -2.05. The Morgan fingerprint density at radius 3 is 2.07 bits per heavy atom. The first-order valence-electron chi connectivity index (χ1n) is 9.93. The molecule has 0 bridgehead atoms. The Labute approximate surface area is 170 Å². The van der Waals surface area contributed by atoms with Gasteiger partial charge in [-0.3, -0.25) is 0 Å². The van der Waals surface area contributed by atoms with E-state index in [0.717, 1.165) is 24.1 Å². The standard InChI is InChI=1S/C26H23F3/c1-2-3-4-5-6-19-7-9-20(10-8-19)11-12-21-13-15-23(25(28)17-21)22-14-16-24(27)26(29)18-22/h7-10,13-18H,2-6H2,1H3. The second-order valence-corrected chi connectivity index (χ2v) is 7.08. The molecule has 0 atom stereocenters. The van der Waals surface area contributed by atoms with Gasteiger partial charge in [-0.05, 0) is 60.4 Å². The molecular formula is C26H23F3. The number of aryl methyl sites for hydroxylation is 1. The summed E-state index contributed by atoms with van der Waals surface area (Å²) in [5.41, 5.74) is 3.19. The molecule has 0 fully saturated rings. The Morgan fingerprint density at radius 1 is 0.655 bits per heavy atom. The maximum absolute atomic E-state index is 14.4. The minimum Gasteiger partial charge on any atom is -0.206 e. The molecule has 0 aliphatic carbocycles. The summed E-state index contributed by atoms with van der Waals surface area (Å²) in [5, 5.41) is 0. The second-order valence-electron chi connectivity index (χ2n) is 7.08. The van der Waals surface area contributed by atoms with Crippen LogP contribution in [0, 0.1) is 29.3 Å². The lowest BCUT2D eigenvalue weighted by atomic mass is 10.0. The highest BCUT2D eigenvalue weighted by Crippen LogP contribution is 2.25. The van der Waals surface area contributed by atoms with Crippen LogP contribution in [0.1, 0.15) is 49.3 Å². The van der Waals surface area contributed by atoms with Crippen LogP contribution in [0.15, 0.2) is 60.7 Å². The highest BCUT2D eigenvalue weighted by molar-refractivity contribution is 5.65. The van der Waals surface area contributed by atoms with Crippen LogP contribution in [0.3, 0.4) is 0 Å². The molecule has 0 nitrogen and oxygen atoms in total. The Balaban J connectivity index is 1.69. The van der Waals surface area contributed by atoms with Gasteiger partial charge in [0.1, 0.15) is 5.82 Å². The van der Waals surface area contributed by atoms with Crippen LogP contribution in [0.5, 0.6) is 0 Å². The van der Waals surface area contributed by atoms with Crippen molar-refractivity contribution in [3.63, 3.8) is 0 Å². The van der Waals surface area contributed by atoms with Gasteiger partial charge in [-0.2, -0.15) is 0 Å². The van der Waals surface area contributed by atoms with Gasteiger partial charge in [-0.1, -0.05) is 62.3 Å². The third-order valence-corrected chi connectivity index (χ3v) is 4.82. The number of rotatable bonds is 6. The highest BCUT2D eigenvalue weighted by atomic mass is 19.2. The van der Waals surface area contributed by atoms with Crippen molar-refractivity contribution in [3.05, 3.63) is 94.8 Å². The average Bonchev–Trinajstić information content (AvgIpc) is 2.73. The van der Waals surface area contributed by atoms with Gasteiger partial charge < -0.3 is 0 Å². The normalized spacial score (nSPS) is 10.5. The van der Waals surface area contributed by atoms with Gasteiger partial charge in [0, 0.05) is 16.7 Å². The van der Waals surface area contributed by atoms with Gasteiger partial charge in [-0.15, -0.1) is 0 Å². The predicted molar refractivity (Wildman–Crippen MR) is 112 cm³/mol. The van der Waals surface area contributed by atoms with E-state index in [0.29, 0.717) is 5.56 Å². The van der Waals surface area contributed by atoms with Crippen molar-refractivity contribution in [3.8, 4) is 23.0 Å². The summed E-state index contributed by atoms with van der Waals surface area (Å²) in [6, 6.07) is 16.0. The molecule has 3 rings (SSSR count). The van der Waals surface area contributed by atoms with Gasteiger partial charge in [0.05, 0.1) is 0 Å². The van der Waals surface area contributed by atoms with Crippen LogP contribution in [0.4, 0.5) is 13.2 Å². The fraction of sp³-hybridized carbons (Fsp3) is 0.231. The van der Waals surface area contributed by atoms with Crippen LogP contribution >= 0.6 is 0 Å². The molecule has 0 spiro atoms. The van der Waals surface area contributed by atoms with E-state index in [1.165, 1.54) is 49.4 Å². The zero-order valence-corrected chi connectivity index (χ0v) is 16.4. The quantitative estimate of drug-likeness (QED) is 0.305. The van der Waals surface area contributed by atoms with Crippen LogP contribution < -0.4 is 0 Å². The molecule has 0 N–H and O–H groups in total. The van der Waals surface area contributed by atoms with Gasteiger partial charge in [0.25, 0.3) is 0 Å². The predicted octanol–water partition coefficient (Wildman–Crippen LogP) is 7.29. The molecule has 0 aliphatic heterocycles. The van der Waals surface area contributed by atoms with Crippen LogP contribution in [-0.4, -0.2) is 0 Å². The Hall–Kier alpha value is -2.99. The third-order valence-electron chi connectivity index (χ3n) is 4.82. The summed E-state index contributed by atoms with van der Waals surface area (Å²) >= 11 is 0. The molecule has 148 valence electrons. The van der Waals surface area contributed by atoms with Gasteiger partial charge in [0.15, 0.2) is 11.6 Å². The topological polar surface area (TPSA) is 0 Å². The molecule has 3 aromatic carbocycles. The first kappa shape index (κ1) is 20.7. The van der Waals surface area contributed by atoms with E-state index in [1.807, 2.05) is 12.1 Å². The largest absolute Gasteiger partial charge is 0.206 e. The summed E-state index contributed by atoms with van der Waals surface area (Å²) in [6.07, 6.45) is 6.03. The van der Waals surface area contributed by atoms with Crippen molar-refractivity contribution in [2.45, 2.75) is 39.0 Å². The summed E-state index contributed by atoms with van der Waals surface area (Å²) < 4.78 is 40.9. The smallest absolute Gasteiger partial charge is 0.159 e. The number of hydrogen-bond acceptors (Lipinski definition) is 0. The molecule has 0 saturated heterocycles. The van der Waals surface area contributed by atoms with E-state index in [2.05, 4.69) is 30.9 Å². The molecule has 0 unspecified atom stereocenters. The van der Waals surface area contributed by atoms with Crippen LogP contribution in [0.25, 0.3) is 11.1 Å². The first-order chi connectivity index (χ1) is 14.1. The number of benzene rings is 3. The van der Waals surface area contributed by atoms with Crippen molar-refractivity contribution in [1.82, 2.24) is 0 Å². The van der Waals surface area contributed by atoms with Gasteiger partial charge >= 0.3 is 0 Å². The molecule has 0 amide bonds. The average molecular weight is 392 g/mol. The van der Waals surface area contributed by atoms with E-state index < -0.39 is 17.5 Å². The fourth-order valence-corrected chi connectivity index (χ4v) is 3.15. The summed E-state index contributed by atoms with van der Waals surface area (Å²) in [4.78, 5) is 0. The van der Waals surface area contributed by atoms with Gasteiger partial charge in [0.2, 0.25) is 0 Å². The summed E-state index contributed by atoms with van der Waals surface area (Å²) in [5.74, 6) is 3.52. The van der Waals surface area contributed by atoms with Gasteiger partial charge in [-0.25, -0.2) is 13.2 Å². The number of halogens is 3. The van der Waals surface area contributed by atoms with E-state index in [1.54, 1.807) is 6.07 Å². The maximum atomic E-state index is 14.4. The number of unbranched alkanes of at least 4 members (excludes halogenated alkanes) is 3.